The van der Waals surface area contributed by atoms with Crippen LogP contribution in [0.4, 0.5) is 18.9 Å². The molecule has 0 radical (unpaired) electrons. The van der Waals surface area contributed by atoms with Crippen LogP contribution in [0.25, 0.3) is 22.3 Å². The van der Waals surface area contributed by atoms with Crippen LogP contribution in [0.1, 0.15) is 16.8 Å². The van der Waals surface area contributed by atoms with Gasteiger partial charge in [0.1, 0.15) is 0 Å². The van der Waals surface area contributed by atoms with E-state index in [-0.39, 0.29) is 31.2 Å². The number of halogens is 5. The standard InChI is InChI=1S/C21H15F3N4.2ClH/c22-21(23,24)15-6-1-4-13(10-15)11-18-19-16(25)7-2-8-17(19)27-20(28-18)14-5-3-9-26-12-14;;/h1-10,12H,11,25H2;2*1H. The lowest BCUT2D eigenvalue weighted by atomic mass is 10.0. The summed E-state index contributed by atoms with van der Waals surface area (Å²) >= 11 is 0. The number of aromatic nitrogens is 3. The topological polar surface area (TPSA) is 64.7 Å². The van der Waals surface area contributed by atoms with Gasteiger partial charge in [-0.05, 0) is 35.9 Å². The number of nitrogens with two attached hydrogens (primary N) is 1. The number of alkyl halides is 3. The van der Waals surface area contributed by atoms with Crippen molar-refractivity contribution in [2.75, 3.05) is 5.73 Å². The second-order valence-corrected chi connectivity index (χ2v) is 6.35. The summed E-state index contributed by atoms with van der Waals surface area (Å²) in [5.74, 6) is 0.452. The quantitative estimate of drug-likeness (QED) is 0.403. The van der Waals surface area contributed by atoms with Gasteiger partial charge in [0.05, 0.1) is 16.8 Å². The molecule has 4 nitrogen and oxygen atoms in total. The lowest BCUT2D eigenvalue weighted by Gasteiger charge is -2.12. The van der Waals surface area contributed by atoms with Crippen molar-refractivity contribution in [2.24, 2.45) is 0 Å². The minimum Gasteiger partial charge on any atom is -0.398 e. The number of fused-ring (bicyclic) bond motifs is 1. The Kier molecular flexibility index (Phi) is 7.23. The molecular weight excluding hydrogens is 436 g/mol. The fourth-order valence-electron chi connectivity index (χ4n) is 3.09. The monoisotopic (exact) mass is 452 g/mol. The summed E-state index contributed by atoms with van der Waals surface area (Å²) < 4.78 is 39.2. The van der Waals surface area contributed by atoms with E-state index in [1.165, 1.54) is 6.07 Å². The maximum Gasteiger partial charge on any atom is 0.416 e. The maximum atomic E-state index is 13.1. The normalized spacial score (nSPS) is 10.9. The molecule has 2 N–H and O–H groups in total. The number of anilines is 1. The third-order valence-corrected chi connectivity index (χ3v) is 4.38. The molecule has 0 saturated heterocycles. The van der Waals surface area contributed by atoms with Crippen LogP contribution < -0.4 is 5.73 Å². The van der Waals surface area contributed by atoms with Crippen molar-refractivity contribution < 1.29 is 13.2 Å². The molecule has 0 atom stereocenters. The fraction of sp³-hybridized carbons (Fsp3) is 0.0952. The lowest BCUT2D eigenvalue weighted by molar-refractivity contribution is -0.137. The minimum absolute atomic E-state index is 0. The number of nitrogen functional groups attached to an aromatic ring is 1. The van der Waals surface area contributed by atoms with Gasteiger partial charge in [-0.1, -0.05) is 24.3 Å². The molecule has 0 saturated carbocycles. The minimum atomic E-state index is -4.40. The van der Waals surface area contributed by atoms with Crippen molar-refractivity contribution >= 4 is 41.4 Å². The van der Waals surface area contributed by atoms with E-state index in [0.717, 1.165) is 17.7 Å². The van der Waals surface area contributed by atoms with Gasteiger partial charge in [-0.3, -0.25) is 4.98 Å². The number of nitrogens with zero attached hydrogens (tertiary/aromatic N) is 3. The Morgan fingerprint density at radius 2 is 1.67 bits per heavy atom. The number of benzene rings is 2. The summed E-state index contributed by atoms with van der Waals surface area (Å²) in [6, 6.07) is 14.1. The van der Waals surface area contributed by atoms with Gasteiger partial charge in [0, 0.05) is 35.5 Å². The van der Waals surface area contributed by atoms with E-state index in [2.05, 4.69) is 15.0 Å². The van der Waals surface area contributed by atoms with Crippen LogP contribution in [0, 0.1) is 0 Å². The number of hydrogen-bond donors (Lipinski definition) is 1. The summed E-state index contributed by atoms with van der Waals surface area (Å²) in [5, 5.41) is 0.646. The zero-order chi connectivity index (χ0) is 19.7. The van der Waals surface area contributed by atoms with Crippen LogP contribution in [0.15, 0.2) is 67.0 Å². The van der Waals surface area contributed by atoms with Gasteiger partial charge in [0.2, 0.25) is 0 Å². The predicted molar refractivity (Wildman–Crippen MR) is 116 cm³/mol. The Balaban J connectivity index is 0.00000160. The lowest BCUT2D eigenvalue weighted by Crippen LogP contribution is -2.06. The summed E-state index contributed by atoms with van der Waals surface area (Å²) in [6.07, 6.45) is -0.915. The molecule has 0 unspecified atom stereocenters. The average molecular weight is 453 g/mol. The van der Waals surface area contributed by atoms with E-state index in [1.807, 2.05) is 12.1 Å². The Hall–Kier alpha value is -2.90. The van der Waals surface area contributed by atoms with Crippen molar-refractivity contribution in [1.29, 1.82) is 0 Å². The molecular formula is C21H17Cl2F3N4. The average Bonchev–Trinajstić information content (AvgIpc) is 2.68. The molecule has 0 aliphatic heterocycles. The highest BCUT2D eigenvalue weighted by Gasteiger charge is 2.30. The van der Waals surface area contributed by atoms with Gasteiger partial charge < -0.3 is 5.73 Å². The largest absolute Gasteiger partial charge is 0.416 e. The second kappa shape index (κ2) is 9.28. The van der Waals surface area contributed by atoms with Crippen LogP contribution in [0.3, 0.4) is 0 Å². The molecule has 2 heterocycles. The third kappa shape index (κ3) is 4.80. The Bertz CT molecular complexity index is 1150. The molecule has 30 heavy (non-hydrogen) atoms. The molecule has 0 amide bonds. The Labute approximate surface area is 183 Å². The highest BCUT2D eigenvalue weighted by atomic mass is 35.5. The molecule has 2 aromatic heterocycles. The Morgan fingerprint density at radius 3 is 2.37 bits per heavy atom. The first kappa shape index (κ1) is 23.4. The summed E-state index contributed by atoms with van der Waals surface area (Å²) in [4.78, 5) is 13.2. The molecule has 2 aromatic carbocycles. The zero-order valence-electron chi connectivity index (χ0n) is 15.4. The summed E-state index contributed by atoms with van der Waals surface area (Å²) in [5.41, 5.74) is 8.34. The Morgan fingerprint density at radius 1 is 0.900 bits per heavy atom. The first-order valence-electron chi connectivity index (χ1n) is 8.53. The summed E-state index contributed by atoms with van der Waals surface area (Å²) in [7, 11) is 0. The molecule has 9 heteroatoms. The van der Waals surface area contributed by atoms with E-state index in [1.54, 1.807) is 36.7 Å². The molecule has 0 aliphatic rings. The van der Waals surface area contributed by atoms with Gasteiger partial charge in [-0.15, -0.1) is 24.8 Å². The van der Waals surface area contributed by atoms with Gasteiger partial charge >= 0.3 is 6.18 Å². The summed E-state index contributed by atoms with van der Waals surface area (Å²) in [6.45, 7) is 0. The molecule has 4 aromatic rings. The highest BCUT2D eigenvalue weighted by molar-refractivity contribution is 5.93. The first-order valence-corrected chi connectivity index (χ1v) is 8.53. The van der Waals surface area contributed by atoms with Gasteiger partial charge in [0.15, 0.2) is 5.82 Å². The van der Waals surface area contributed by atoms with Crippen LogP contribution in [0.2, 0.25) is 0 Å². The van der Waals surface area contributed by atoms with Gasteiger partial charge in [-0.25, -0.2) is 9.97 Å². The SMILES string of the molecule is Cl.Cl.Nc1cccc2nc(-c3cccnc3)nc(Cc3cccc(C(F)(F)F)c3)c12. The van der Waals surface area contributed by atoms with Crippen LogP contribution in [-0.2, 0) is 12.6 Å². The van der Waals surface area contributed by atoms with Crippen molar-refractivity contribution in [3.63, 3.8) is 0 Å². The van der Waals surface area contributed by atoms with Crippen molar-refractivity contribution in [3.8, 4) is 11.4 Å². The molecule has 156 valence electrons. The number of rotatable bonds is 3. The van der Waals surface area contributed by atoms with Gasteiger partial charge in [-0.2, -0.15) is 13.2 Å². The number of hydrogen-bond acceptors (Lipinski definition) is 4. The molecule has 0 bridgehead atoms. The van der Waals surface area contributed by atoms with Gasteiger partial charge in [0.25, 0.3) is 0 Å². The predicted octanol–water partition coefficient (Wildman–Crippen LogP) is 5.73. The van der Waals surface area contributed by atoms with Crippen LogP contribution >= 0.6 is 24.8 Å². The zero-order valence-corrected chi connectivity index (χ0v) is 17.1. The molecule has 0 fully saturated rings. The van der Waals surface area contributed by atoms with E-state index < -0.39 is 11.7 Å². The van der Waals surface area contributed by atoms with Crippen molar-refractivity contribution in [1.82, 2.24) is 15.0 Å². The van der Waals surface area contributed by atoms with E-state index in [9.17, 15) is 13.2 Å². The van der Waals surface area contributed by atoms with Crippen molar-refractivity contribution in [3.05, 3.63) is 83.8 Å². The van der Waals surface area contributed by atoms with E-state index in [4.69, 9.17) is 5.73 Å². The maximum absolute atomic E-state index is 13.1. The first-order chi connectivity index (χ1) is 13.4. The fourth-order valence-corrected chi connectivity index (χ4v) is 3.09. The van der Waals surface area contributed by atoms with Crippen LogP contribution in [0.5, 0.6) is 0 Å². The van der Waals surface area contributed by atoms with E-state index in [0.29, 0.717) is 33.7 Å². The van der Waals surface area contributed by atoms with Crippen molar-refractivity contribution in [2.45, 2.75) is 12.6 Å². The highest BCUT2D eigenvalue weighted by Crippen LogP contribution is 2.31. The molecule has 4 rings (SSSR count). The smallest absolute Gasteiger partial charge is 0.398 e. The number of pyridine rings is 1. The van der Waals surface area contributed by atoms with Crippen LogP contribution in [-0.4, -0.2) is 15.0 Å². The molecule has 0 spiro atoms. The molecule has 0 aliphatic carbocycles. The second-order valence-electron chi connectivity index (χ2n) is 6.35. The van der Waals surface area contributed by atoms with E-state index >= 15 is 0 Å². The third-order valence-electron chi connectivity index (χ3n) is 4.38.